The molecule has 2 N–H and O–H groups in total. The lowest BCUT2D eigenvalue weighted by Crippen LogP contribution is -2.28. The zero-order valence-electron chi connectivity index (χ0n) is 11.8. The second kappa shape index (κ2) is 7.51. The summed E-state index contributed by atoms with van der Waals surface area (Å²) in [5, 5.41) is 7.08. The molecule has 1 heterocycles. The lowest BCUT2D eigenvalue weighted by Gasteiger charge is -2.06. The summed E-state index contributed by atoms with van der Waals surface area (Å²) in [6, 6.07) is 5.62. The third kappa shape index (κ3) is 4.81. The van der Waals surface area contributed by atoms with Gasteiger partial charge >= 0.3 is 0 Å². The first-order chi connectivity index (χ1) is 10.5. The first kappa shape index (κ1) is 15.9. The van der Waals surface area contributed by atoms with Crippen molar-refractivity contribution in [3.05, 3.63) is 41.2 Å². The number of hydrogen-bond donors (Lipinski definition) is 2. The van der Waals surface area contributed by atoms with Crippen molar-refractivity contribution in [1.29, 1.82) is 0 Å². The molecule has 22 heavy (non-hydrogen) atoms. The molecule has 1 aromatic carbocycles. The number of ether oxygens (including phenoxy) is 1. The van der Waals surface area contributed by atoms with Crippen LogP contribution in [0.1, 0.15) is 17.4 Å². The minimum absolute atomic E-state index is 0.232. The second-order valence-electron chi connectivity index (χ2n) is 4.28. The highest BCUT2D eigenvalue weighted by Gasteiger charge is 2.10. The molecule has 0 aliphatic heterocycles. The van der Waals surface area contributed by atoms with Gasteiger partial charge in [0, 0.05) is 12.3 Å². The Hall–Kier alpha value is -2.48. The van der Waals surface area contributed by atoms with E-state index in [1.165, 1.54) is 42.5 Å². The average molecular weight is 323 g/mol. The van der Waals surface area contributed by atoms with Crippen LogP contribution in [0, 0.1) is 5.82 Å². The number of nitrogens with zero attached hydrogens (tertiary/aromatic N) is 1. The standard InChI is InChI=1S/C14H14FN3O3S/c1-9(19)17-14-18-12(8-22-14)13(20)16-6-7-21-11-4-2-10(15)3-5-11/h2-5,8H,6-7H2,1H3,(H,16,20)(H,17,18,19). The normalized spacial score (nSPS) is 10.1. The lowest BCUT2D eigenvalue weighted by atomic mass is 10.3. The Morgan fingerprint density at radius 3 is 2.73 bits per heavy atom. The topological polar surface area (TPSA) is 80.3 Å². The summed E-state index contributed by atoms with van der Waals surface area (Å²) in [5.41, 5.74) is 0.232. The molecule has 0 fully saturated rings. The number of aromatic nitrogens is 1. The molecular weight excluding hydrogens is 309 g/mol. The fourth-order valence-corrected chi connectivity index (χ4v) is 2.28. The highest BCUT2D eigenvalue weighted by Crippen LogP contribution is 2.15. The number of amides is 2. The number of thiazole rings is 1. The van der Waals surface area contributed by atoms with E-state index in [1.807, 2.05) is 0 Å². The minimum atomic E-state index is -0.351. The molecule has 0 aliphatic rings. The van der Waals surface area contributed by atoms with Crippen LogP contribution in [-0.2, 0) is 4.79 Å². The van der Waals surface area contributed by atoms with Crippen LogP contribution in [-0.4, -0.2) is 29.9 Å². The Morgan fingerprint density at radius 2 is 2.05 bits per heavy atom. The van der Waals surface area contributed by atoms with E-state index in [9.17, 15) is 14.0 Å². The van der Waals surface area contributed by atoms with Crippen molar-refractivity contribution in [2.75, 3.05) is 18.5 Å². The summed E-state index contributed by atoms with van der Waals surface area (Å²) in [4.78, 5) is 26.7. The predicted octanol–water partition coefficient (Wildman–Crippen LogP) is 2.05. The van der Waals surface area contributed by atoms with Crippen LogP contribution in [0.4, 0.5) is 9.52 Å². The van der Waals surface area contributed by atoms with E-state index in [4.69, 9.17) is 4.74 Å². The van der Waals surface area contributed by atoms with E-state index in [0.717, 1.165) is 0 Å². The van der Waals surface area contributed by atoms with Gasteiger partial charge in [0.15, 0.2) is 5.13 Å². The fraction of sp³-hybridized carbons (Fsp3) is 0.214. The number of carbonyl (C=O) groups is 2. The third-order valence-corrected chi connectivity index (χ3v) is 3.25. The van der Waals surface area contributed by atoms with E-state index in [-0.39, 0.29) is 36.5 Å². The Kier molecular flexibility index (Phi) is 5.42. The Morgan fingerprint density at radius 1 is 1.32 bits per heavy atom. The van der Waals surface area contributed by atoms with Crippen LogP contribution in [0.2, 0.25) is 0 Å². The van der Waals surface area contributed by atoms with E-state index < -0.39 is 0 Å². The summed E-state index contributed by atoms with van der Waals surface area (Å²) in [7, 11) is 0. The second-order valence-corrected chi connectivity index (χ2v) is 5.14. The van der Waals surface area contributed by atoms with Gasteiger partial charge in [-0.2, -0.15) is 0 Å². The maximum absolute atomic E-state index is 12.7. The van der Waals surface area contributed by atoms with Crippen LogP contribution in [0.25, 0.3) is 0 Å². The number of hydrogen-bond acceptors (Lipinski definition) is 5. The molecule has 6 nitrogen and oxygen atoms in total. The summed E-state index contributed by atoms with van der Waals surface area (Å²) in [6.45, 7) is 1.90. The SMILES string of the molecule is CC(=O)Nc1nc(C(=O)NCCOc2ccc(F)cc2)cs1. The van der Waals surface area contributed by atoms with Gasteiger partial charge in [-0.1, -0.05) is 0 Å². The maximum atomic E-state index is 12.7. The maximum Gasteiger partial charge on any atom is 0.270 e. The smallest absolute Gasteiger partial charge is 0.270 e. The largest absolute Gasteiger partial charge is 0.492 e. The number of rotatable bonds is 6. The average Bonchev–Trinajstić information content (AvgIpc) is 2.93. The first-order valence-corrected chi connectivity index (χ1v) is 7.32. The molecule has 0 spiro atoms. The molecule has 1 aromatic heterocycles. The van der Waals surface area contributed by atoms with Gasteiger partial charge in [0.05, 0.1) is 6.54 Å². The quantitative estimate of drug-likeness (QED) is 0.797. The van der Waals surface area contributed by atoms with E-state index in [1.54, 1.807) is 5.38 Å². The first-order valence-electron chi connectivity index (χ1n) is 6.44. The zero-order valence-corrected chi connectivity index (χ0v) is 12.6. The van der Waals surface area contributed by atoms with Crippen molar-refractivity contribution in [3.63, 3.8) is 0 Å². The molecule has 0 unspecified atom stereocenters. The van der Waals surface area contributed by atoms with Gasteiger partial charge in [-0.15, -0.1) is 11.3 Å². The van der Waals surface area contributed by atoms with Gasteiger partial charge < -0.3 is 15.4 Å². The summed E-state index contributed by atoms with van der Waals surface area (Å²) in [6.07, 6.45) is 0. The van der Waals surface area contributed by atoms with Gasteiger partial charge in [0.1, 0.15) is 23.9 Å². The van der Waals surface area contributed by atoms with Gasteiger partial charge in [-0.25, -0.2) is 9.37 Å². The summed E-state index contributed by atoms with van der Waals surface area (Å²) in [5.74, 6) is -0.402. The molecule has 0 radical (unpaired) electrons. The number of carbonyl (C=O) groups excluding carboxylic acids is 2. The zero-order chi connectivity index (χ0) is 15.9. The fourth-order valence-electron chi connectivity index (χ4n) is 1.54. The number of nitrogens with one attached hydrogen (secondary N) is 2. The number of benzene rings is 1. The molecule has 0 saturated carbocycles. The van der Waals surface area contributed by atoms with E-state index in [0.29, 0.717) is 10.9 Å². The van der Waals surface area contributed by atoms with Gasteiger partial charge in [-0.3, -0.25) is 9.59 Å². The van der Waals surface area contributed by atoms with Gasteiger partial charge in [0.2, 0.25) is 5.91 Å². The van der Waals surface area contributed by atoms with Crippen LogP contribution >= 0.6 is 11.3 Å². The highest BCUT2D eigenvalue weighted by molar-refractivity contribution is 7.14. The molecule has 2 amide bonds. The molecule has 0 atom stereocenters. The van der Waals surface area contributed by atoms with E-state index >= 15 is 0 Å². The molecule has 116 valence electrons. The summed E-state index contributed by atoms with van der Waals surface area (Å²) >= 11 is 1.17. The van der Waals surface area contributed by atoms with Crippen LogP contribution in [0.15, 0.2) is 29.6 Å². The van der Waals surface area contributed by atoms with Crippen molar-refractivity contribution < 1.29 is 18.7 Å². The van der Waals surface area contributed by atoms with Crippen molar-refractivity contribution >= 4 is 28.3 Å². The minimum Gasteiger partial charge on any atom is -0.492 e. The molecule has 2 rings (SSSR count). The van der Waals surface area contributed by atoms with Gasteiger partial charge in [-0.05, 0) is 24.3 Å². The van der Waals surface area contributed by atoms with E-state index in [2.05, 4.69) is 15.6 Å². The molecule has 8 heteroatoms. The van der Waals surface area contributed by atoms with Crippen molar-refractivity contribution in [2.45, 2.75) is 6.92 Å². The Bertz CT molecular complexity index is 658. The predicted molar refractivity (Wildman–Crippen MR) is 80.6 cm³/mol. The number of anilines is 1. The van der Waals surface area contributed by atoms with Crippen LogP contribution < -0.4 is 15.4 Å². The third-order valence-electron chi connectivity index (χ3n) is 2.49. The molecule has 0 bridgehead atoms. The summed E-state index contributed by atoms with van der Waals surface area (Å²) < 4.78 is 18.1. The Balaban J connectivity index is 1.74. The van der Waals surface area contributed by atoms with Crippen molar-refractivity contribution in [1.82, 2.24) is 10.3 Å². The Labute approximate surface area is 130 Å². The molecular formula is C14H14FN3O3S. The molecule has 2 aromatic rings. The lowest BCUT2D eigenvalue weighted by molar-refractivity contribution is -0.114. The highest BCUT2D eigenvalue weighted by atomic mass is 32.1. The molecule has 0 saturated heterocycles. The molecule has 0 aliphatic carbocycles. The monoisotopic (exact) mass is 323 g/mol. The van der Waals surface area contributed by atoms with Crippen molar-refractivity contribution in [3.8, 4) is 5.75 Å². The van der Waals surface area contributed by atoms with Crippen molar-refractivity contribution in [2.24, 2.45) is 0 Å². The number of halogens is 1. The van der Waals surface area contributed by atoms with Crippen LogP contribution in [0.5, 0.6) is 5.75 Å². The van der Waals surface area contributed by atoms with Gasteiger partial charge in [0.25, 0.3) is 5.91 Å². The van der Waals surface area contributed by atoms with Crippen LogP contribution in [0.3, 0.4) is 0 Å².